The molecule has 90 valence electrons. The molecule has 0 spiro atoms. The van der Waals surface area contributed by atoms with E-state index in [-0.39, 0.29) is 18.1 Å². The van der Waals surface area contributed by atoms with Gasteiger partial charge >= 0.3 is 6.03 Å². The summed E-state index contributed by atoms with van der Waals surface area (Å²) in [6.45, 7) is 4.25. The lowest BCUT2D eigenvalue weighted by Gasteiger charge is -2.39. The summed E-state index contributed by atoms with van der Waals surface area (Å²) in [4.78, 5) is 26.9. The topological polar surface area (TPSA) is 52.7 Å². The molecule has 1 atom stereocenters. The minimum atomic E-state index is -0.241. The summed E-state index contributed by atoms with van der Waals surface area (Å²) in [5.74, 6) is -0.0539. The number of imide groups is 1. The third-order valence-electron chi connectivity index (χ3n) is 3.35. The predicted molar refractivity (Wildman–Crippen MR) is 59.7 cm³/mol. The van der Waals surface area contributed by atoms with E-state index in [1.807, 2.05) is 6.92 Å². The van der Waals surface area contributed by atoms with Crippen LogP contribution in [0.15, 0.2) is 0 Å². The molecule has 0 aliphatic carbocycles. The van der Waals surface area contributed by atoms with Crippen LogP contribution >= 0.6 is 0 Å². The highest BCUT2D eigenvalue weighted by molar-refractivity contribution is 5.97. The first-order chi connectivity index (χ1) is 7.72. The van der Waals surface area contributed by atoms with Gasteiger partial charge in [-0.2, -0.15) is 0 Å². The van der Waals surface area contributed by atoms with Crippen molar-refractivity contribution in [1.82, 2.24) is 15.1 Å². The third kappa shape index (κ3) is 2.19. The van der Waals surface area contributed by atoms with Crippen molar-refractivity contribution < 1.29 is 9.59 Å². The molecule has 2 fully saturated rings. The fourth-order valence-corrected chi connectivity index (χ4v) is 2.43. The van der Waals surface area contributed by atoms with Gasteiger partial charge in [0.2, 0.25) is 5.91 Å². The fraction of sp³-hybridized carbons (Fsp3) is 0.818. The van der Waals surface area contributed by atoms with Crippen molar-refractivity contribution in [2.45, 2.75) is 38.8 Å². The number of amides is 3. The molecule has 0 aromatic rings. The number of hydrogen-bond donors (Lipinski definition) is 1. The lowest BCUT2D eigenvalue weighted by molar-refractivity contribution is -0.131. The number of nitrogens with zero attached hydrogens (tertiary/aromatic N) is 2. The van der Waals surface area contributed by atoms with Gasteiger partial charge in [-0.3, -0.25) is 14.6 Å². The van der Waals surface area contributed by atoms with Crippen LogP contribution in [0.25, 0.3) is 0 Å². The van der Waals surface area contributed by atoms with Crippen LogP contribution in [-0.2, 0) is 4.79 Å². The van der Waals surface area contributed by atoms with Gasteiger partial charge in [0.15, 0.2) is 0 Å². The Morgan fingerprint density at radius 1 is 1.25 bits per heavy atom. The third-order valence-corrected chi connectivity index (χ3v) is 3.35. The van der Waals surface area contributed by atoms with Gasteiger partial charge in [0.05, 0.1) is 12.6 Å². The lowest BCUT2D eigenvalue weighted by Crippen LogP contribution is -2.60. The zero-order chi connectivity index (χ0) is 11.5. The number of carbonyl (C=O) groups excluding carboxylic acids is 2. The SMILES string of the molecule is CCN1C(=O)CC(N2CCCCC2)NC1=O. The van der Waals surface area contributed by atoms with Gasteiger partial charge in [-0.05, 0) is 19.8 Å². The minimum absolute atomic E-state index is 0.0539. The number of urea groups is 1. The van der Waals surface area contributed by atoms with E-state index in [0.29, 0.717) is 13.0 Å². The Hall–Kier alpha value is -1.10. The van der Waals surface area contributed by atoms with Crippen molar-refractivity contribution in [2.75, 3.05) is 19.6 Å². The molecule has 1 unspecified atom stereocenters. The molecule has 2 aliphatic rings. The molecular weight excluding hydrogens is 206 g/mol. The van der Waals surface area contributed by atoms with Crippen LogP contribution in [0.4, 0.5) is 4.79 Å². The second kappa shape index (κ2) is 4.82. The van der Waals surface area contributed by atoms with E-state index in [1.165, 1.54) is 11.3 Å². The number of hydrogen-bond acceptors (Lipinski definition) is 3. The Morgan fingerprint density at radius 3 is 2.50 bits per heavy atom. The van der Waals surface area contributed by atoms with Crippen molar-refractivity contribution in [3.8, 4) is 0 Å². The largest absolute Gasteiger partial charge is 0.325 e. The Morgan fingerprint density at radius 2 is 1.94 bits per heavy atom. The van der Waals surface area contributed by atoms with Gasteiger partial charge in [0, 0.05) is 19.6 Å². The van der Waals surface area contributed by atoms with Crippen molar-refractivity contribution in [3.63, 3.8) is 0 Å². The number of nitrogens with one attached hydrogen (secondary N) is 1. The van der Waals surface area contributed by atoms with Crippen LogP contribution in [0.2, 0.25) is 0 Å². The van der Waals surface area contributed by atoms with Crippen molar-refractivity contribution in [3.05, 3.63) is 0 Å². The minimum Gasteiger partial charge on any atom is -0.322 e. The normalized spacial score (nSPS) is 28.1. The van der Waals surface area contributed by atoms with E-state index >= 15 is 0 Å². The van der Waals surface area contributed by atoms with Crippen LogP contribution in [0.5, 0.6) is 0 Å². The molecule has 0 aromatic carbocycles. The summed E-state index contributed by atoms with van der Waals surface area (Å²) in [5, 5.41) is 2.91. The van der Waals surface area contributed by atoms with Gasteiger partial charge < -0.3 is 5.32 Å². The monoisotopic (exact) mass is 225 g/mol. The van der Waals surface area contributed by atoms with E-state index in [2.05, 4.69) is 10.2 Å². The van der Waals surface area contributed by atoms with Gasteiger partial charge in [-0.15, -0.1) is 0 Å². The Kier molecular flexibility index (Phi) is 3.43. The second-order valence-corrected chi connectivity index (χ2v) is 4.40. The van der Waals surface area contributed by atoms with Crippen LogP contribution in [0.3, 0.4) is 0 Å². The summed E-state index contributed by atoms with van der Waals surface area (Å²) >= 11 is 0. The number of carbonyl (C=O) groups is 2. The van der Waals surface area contributed by atoms with Crippen LogP contribution in [-0.4, -0.2) is 47.5 Å². The fourth-order valence-electron chi connectivity index (χ4n) is 2.43. The molecule has 5 nitrogen and oxygen atoms in total. The number of likely N-dealkylation sites (tertiary alicyclic amines) is 1. The molecule has 2 rings (SSSR count). The average Bonchev–Trinajstić information content (AvgIpc) is 2.30. The van der Waals surface area contributed by atoms with Gasteiger partial charge in [0.25, 0.3) is 0 Å². The predicted octanol–water partition coefficient (Wildman–Crippen LogP) is 0.760. The maximum atomic E-state index is 11.7. The first kappa shape index (κ1) is 11.4. The molecule has 0 radical (unpaired) electrons. The second-order valence-electron chi connectivity index (χ2n) is 4.40. The zero-order valence-corrected chi connectivity index (χ0v) is 9.74. The van der Waals surface area contributed by atoms with Crippen LogP contribution < -0.4 is 5.32 Å². The highest BCUT2D eigenvalue weighted by atomic mass is 16.2. The first-order valence-corrected chi connectivity index (χ1v) is 6.07. The molecule has 2 heterocycles. The maximum Gasteiger partial charge on any atom is 0.325 e. The standard InChI is InChI=1S/C11H19N3O2/c1-2-14-10(15)8-9(12-11(14)16)13-6-4-3-5-7-13/h9H,2-8H2,1H3,(H,12,16). The molecule has 1 N–H and O–H groups in total. The lowest BCUT2D eigenvalue weighted by atomic mass is 10.1. The average molecular weight is 225 g/mol. The van der Waals surface area contributed by atoms with Gasteiger partial charge in [0.1, 0.15) is 0 Å². The van der Waals surface area contributed by atoms with E-state index < -0.39 is 0 Å². The van der Waals surface area contributed by atoms with Crippen molar-refractivity contribution in [2.24, 2.45) is 0 Å². The molecule has 16 heavy (non-hydrogen) atoms. The number of rotatable bonds is 2. The molecule has 3 amide bonds. The summed E-state index contributed by atoms with van der Waals surface area (Å²) in [6.07, 6.45) is 3.92. The van der Waals surface area contributed by atoms with E-state index in [4.69, 9.17) is 0 Å². The summed E-state index contributed by atoms with van der Waals surface area (Å²) in [5.41, 5.74) is 0. The molecule has 0 saturated carbocycles. The molecule has 5 heteroatoms. The molecular formula is C11H19N3O2. The van der Waals surface area contributed by atoms with Gasteiger partial charge in [-0.25, -0.2) is 4.79 Å². The van der Waals surface area contributed by atoms with E-state index in [9.17, 15) is 9.59 Å². The Bertz CT molecular complexity index is 269. The van der Waals surface area contributed by atoms with Crippen LogP contribution in [0, 0.1) is 0 Å². The molecule has 2 saturated heterocycles. The highest BCUT2D eigenvalue weighted by Crippen LogP contribution is 2.16. The number of piperidine rings is 1. The maximum absolute atomic E-state index is 11.7. The van der Waals surface area contributed by atoms with Crippen molar-refractivity contribution >= 4 is 11.9 Å². The molecule has 2 aliphatic heterocycles. The Labute approximate surface area is 95.8 Å². The smallest absolute Gasteiger partial charge is 0.322 e. The quantitative estimate of drug-likeness (QED) is 0.755. The van der Waals surface area contributed by atoms with E-state index in [0.717, 1.165) is 25.9 Å². The van der Waals surface area contributed by atoms with Gasteiger partial charge in [-0.1, -0.05) is 6.42 Å². The molecule has 0 aromatic heterocycles. The summed E-state index contributed by atoms with van der Waals surface area (Å²) in [7, 11) is 0. The first-order valence-electron chi connectivity index (χ1n) is 6.07. The van der Waals surface area contributed by atoms with E-state index in [1.54, 1.807) is 0 Å². The molecule has 0 bridgehead atoms. The van der Waals surface area contributed by atoms with Crippen LogP contribution in [0.1, 0.15) is 32.6 Å². The van der Waals surface area contributed by atoms with Crippen molar-refractivity contribution in [1.29, 1.82) is 0 Å². The summed E-state index contributed by atoms with van der Waals surface area (Å²) < 4.78 is 0. The zero-order valence-electron chi connectivity index (χ0n) is 9.74. The summed E-state index contributed by atoms with van der Waals surface area (Å²) in [6, 6.07) is -0.241. The Balaban J connectivity index is 1.98. The highest BCUT2D eigenvalue weighted by Gasteiger charge is 2.34.